The third kappa shape index (κ3) is 3.29. The van der Waals surface area contributed by atoms with Gasteiger partial charge in [-0.15, -0.1) is 0 Å². The number of carbonyl (C=O) groups is 1. The van der Waals surface area contributed by atoms with Gasteiger partial charge in [0.2, 0.25) is 0 Å². The minimum atomic E-state index is -1.13. The third-order valence-corrected chi connectivity index (χ3v) is 3.87. The van der Waals surface area contributed by atoms with Gasteiger partial charge in [0.05, 0.1) is 5.02 Å². The van der Waals surface area contributed by atoms with Crippen LogP contribution in [0.2, 0.25) is 5.02 Å². The molecule has 1 heterocycles. The first-order valence-electron chi connectivity index (χ1n) is 5.83. The Morgan fingerprint density at radius 2 is 2.05 bits per heavy atom. The van der Waals surface area contributed by atoms with Gasteiger partial charge in [-0.3, -0.25) is 0 Å². The molecule has 0 atom stereocenters. The quantitative estimate of drug-likeness (QED) is 0.905. The van der Waals surface area contributed by atoms with Gasteiger partial charge in [-0.1, -0.05) is 45.7 Å². The Hall–Kier alpha value is -1.59. The minimum Gasteiger partial charge on any atom is -0.476 e. The number of hydrogen-bond donors (Lipinski definition) is 1. The van der Waals surface area contributed by atoms with E-state index in [1.807, 2.05) is 36.2 Å². The molecule has 0 aliphatic carbocycles. The van der Waals surface area contributed by atoms with Crippen LogP contribution in [-0.2, 0) is 6.54 Å². The molecule has 0 spiro atoms. The van der Waals surface area contributed by atoms with Gasteiger partial charge in [-0.2, -0.15) is 0 Å². The monoisotopic (exact) mass is 354 g/mol. The summed E-state index contributed by atoms with van der Waals surface area (Å²) >= 11 is 9.30. The number of carboxylic acid groups (broad SMARTS) is 1. The summed E-state index contributed by atoms with van der Waals surface area (Å²) in [5.41, 5.74) is 0.951. The molecule has 1 N–H and O–H groups in total. The molecule has 1 aromatic heterocycles. The maximum absolute atomic E-state index is 11.0. The number of pyridine rings is 1. The lowest BCUT2D eigenvalue weighted by Crippen LogP contribution is -2.19. The number of anilines is 1. The van der Waals surface area contributed by atoms with Gasteiger partial charge >= 0.3 is 5.97 Å². The van der Waals surface area contributed by atoms with Gasteiger partial charge in [-0.25, -0.2) is 9.78 Å². The molecule has 0 saturated heterocycles. The lowest BCUT2D eigenvalue weighted by atomic mass is 10.2. The molecular formula is C14H12BrClN2O2. The highest BCUT2D eigenvalue weighted by atomic mass is 79.9. The predicted octanol–water partition coefficient (Wildman–Crippen LogP) is 3.83. The Kier molecular flexibility index (Phi) is 4.62. The van der Waals surface area contributed by atoms with Crippen LogP contribution in [0.15, 0.2) is 40.9 Å². The summed E-state index contributed by atoms with van der Waals surface area (Å²) in [6, 6.07) is 11.1. The van der Waals surface area contributed by atoms with Crippen molar-refractivity contribution in [1.29, 1.82) is 0 Å². The van der Waals surface area contributed by atoms with E-state index in [0.29, 0.717) is 12.4 Å². The average Bonchev–Trinajstić information content (AvgIpc) is 2.41. The van der Waals surface area contributed by atoms with E-state index in [2.05, 4.69) is 20.9 Å². The topological polar surface area (TPSA) is 53.4 Å². The summed E-state index contributed by atoms with van der Waals surface area (Å²) in [6.45, 7) is 0.606. The van der Waals surface area contributed by atoms with Gasteiger partial charge in [0.25, 0.3) is 0 Å². The Balaban J connectivity index is 2.26. The van der Waals surface area contributed by atoms with Crippen molar-refractivity contribution < 1.29 is 9.90 Å². The Labute approximate surface area is 130 Å². The molecule has 2 rings (SSSR count). The first kappa shape index (κ1) is 14.8. The van der Waals surface area contributed by atoms with Crippen molar-refractivity contribution in [3.05, 3.63) is 57.2 Å². The molecule has 6 heteroatoms. The predicted molar refractivity (Wildman–Crippen MR) is 82.5 cm³/mol. The summed E-state index contributed by atoms with van der Waals surface area (Å²) in [5, 5.41) is 9.17. The minimum absolute atomic E-state index is 0.135. The van der Waals surface area contributed by atoms with Crippen molar-refractivity contribution in [3.63, 3.8) is 0 Å². The highest BCUT2D eigenvalue weighted by Gasteiger charge is 2.14. The van der Waals surface area contributed by atoms with Crippen molar-refractivity contribution in [2.45, 2.75) is 6.54 Å². The molecule has 104 valence electrons. The van der Waals surface area contributed by atoms with Crippen LogP contribution in [0.5, 0.6) is 0 Å². The SMILES string of the molecule is CN(Cc1ccccc1Br)c1ccc(Cl)c(C(=O)O)n1. The number of nitrogens with zero attached hydrogens (tertiary/aromatic N) is 2. The molecule has 0 saturated carbocycles. The second-order valence-electron chi connectivity index (χ2n) is 4.25. The first-order chi connectivity index (χ1) is 9.49. The molecule has 0 aliphatic heterocycles. The molecule has 0 unspecified atom stereocenters. The lowest BCUT2D eigenvalue weighted by molar-refractivity contribution is 0.0691. The maximum Gasteiger partial charge on any atom is 0.356 e. The third-order valence-electron chi connectivity index (χ3n) is 2.79. The first-order valence-corrected chi connectivity index (χ1v) is 7.00. The van der Waals surface area contributed by atoms with E-state index in [4.69, 9.17) is 16.7 Å². The number of rotatable bonds is 4. The normalized spacial score (nSPS) is 10.3. The van der Waals surface area contributed by atoms with E-state index in [-0.39, 0.29) is 10.7 Å². The summed E-state index contributed by atoms with van der Waals surface area (Å²) in [4.78, 5) is 17.0. The Morgan fingerprint density at radius 3 is 2.70 bits per heavy atom. The second kappa shape index (κ2) is 6.24. The van der Waals surface area contributed by atoms with Crippen LogP contribution in [0.1, 0.15) is 16.1 Å². The molecular weight excluding hydrogens is 344 g/mol. The van der Waals surface area contributed by atoms with Crippen molar-refractivity contribution >= 4 is 39.3 Å². The molecule has 2 aromatic rings. The van der Waals surface area contributed by atoms with Crippen molar-refractivity contribution in [3.8, 4) is 0 Å². The van der Waals surface area contributed by atoms with Crippen LogP contribution in [0, 0.1) is 0 Å². The molecule has 1 aromatic carbocycles. The van der Waals surface area contributed by atoms with Crippen molar-refractivity contribution in [2.75, 3.05) is 11.9 Å². The van der Waals surface area contributed by atoms with E-state index >= 15 is 0 Å². The van der Waals surface area contributed by atoms with E-state index in [1.54, 1.807) is 12.1 Å². The summed E-state index contributed by atoms with van der Waals surface area (Å²) in [5.74, 6) is -0.575. The van der Waals surface area contributed by atoms with Crippen LogP contribution in [0.3, 0.4) is 0 Å². The van der Waals surface area contributed by atoms with Crippen molar-refractivity contribution in [1.82, 2.24) is 4.98 Å². The van der Waals surface area contributed by atoms with Crippen LogP contribution in [0.25, 0.3) is 0 Å². The fourth-order valence-electron chi connectivity index (χ4n) is 1.76. The second-order valence-corrected chi connectivity index (χ2v) is 5.51. The molecule has 0 bridgehead atoms. The molecule has 20 heavy (non-hydrogen) atoms. The zero-order valence-electron chi connectivity index (χ0n) is 10.7. The summed E-state index contributed by atoms with van der Waals surface area (Å²) < 4.78 is 0.999. The average molecular weight is 356 g/mol. The standard InChI is InChI=1S/C14H12BrClN2O2/c1-18(8-9-4-2-3-5-10(9)15)12-7-6-11(16)13(17-12)14(19)20/h2-7H,8H2,1H3,(H,19,20). The fourth-order valence-corrected chi connectivity index (χ4v) is 2.35. The Morgan fingerprint density at radius 1 is 1.35 bits per heavy atom. The zero-order chi connectivity index (χ0) is 14.7. The van der Waals surface area contributed by atoms with Gasteiger partial charge in [0.1, 0.15) is 5.82 Å². The molecule has 0 aliphatic rings. The highest BCUT2D eigenvalue weighted by molar-refractivity contribution is 9.10. The van der Waals surface area contributed by atoms with Crippen LogP contribution in [0.4, 0.5) is 5.82 Å². The zero-order valence-corrected chi connectivity index (χ0v) is 13.0. The maximum atomic E-state index is 11.0. The van der Waals surface area contributed by atoms with Crippen LogP contribution in [-0.4, -0.2) is 23.1 Å². The van der Waals surface area contributed by atoms with Gasteiger partial charge in [0, 0.05) is 18.1 Å². The van der Waals surface area contributed by atoms with Crippen molar-refractivity contribution in [2.24, 2.45) is 0 Å². The van der Waals surface area contributed by atoms with Crippen LogP contribution < -0.4 is 4.90 Å². The number of aromatic nitrogens is 1. The van der Waals surface area contributed by atoms with E-state index in [0.717, 1.165) is 10.0 Å². The molecule has 4 nitrogen and oxygen atoms in total. The number of hydrogen-bond acceptors (Lipinski definition) is 3. The highest BCUT2D eigenvalue weighted by Crippen LogP contribution is 2.22. The van der Waals surface area contributed by atoms with Crippen LogP contribution >= 0.6 is 27.5 Å². The Bertz CT molecular complexity index is 649. The number of benzene rings is 1. The lowest BCUT2D eigenvalue weighted by Gasteiger charge is -2.19. The molecule has 0 amide bonds. The van der Waals surface area contributed by atoms with E-state index in [9.17, 15) is 4.79 Å². The summed E-state index contributed by atoms with van der Waals surface area (Å²) in [6.07, 6.45) is 0. The number of halogens is 2. The molecule has 0 fully saturated rings. The summed E-state index contributed by atoms with van der Waals surface area (Å²) in [7, 11) is 1.85. The number of aromatic carboxylic acids is 1. The largest absolute Gasteiger partial charge is 0.476 e. The number of carboxylic acids is 1. The van der Waals surface area contributed by atoms with E-state index in [1.165, 1.54) is 0 Å². The fraction of sp³-hybridized carbons (Fsp3) is 0.143. The van der Waals surface area contributed by atoms with Gasteiger partial charge in [0.15, 0.2) is 5.69 Å². The molecule has 0 radical (unpaired) electrons. The van der Waals surface area contributed by atoms with Gasteiger partial charge < -0.3 is 10.0 Å². The van der Waals surface area contributed by atoms with Gasteiger partial charge in [-0.05, 0) is 23.8 Å². The van der Waals surface area contributed by atoms with E-state index < -0.39 is 5.97 Å². The smallest absolute Gasteiger partial charge is 0.356 e.